The second-order valence-corrected chi connectivity index (χ2v) is 14.0. The molecule has 0 aromatic heterocycles. The van der Waals surface area contributed by atoms with E-state index in [1.807, 2.05) is 6.08 Å². The Kier molecular flexibility index (Phi) is 40.5. The first-order chi connectivity index (χ1) is 25.7. The van der Waals surface area contributed by atoms with Crippen LogP contribution in [0, 0.1) is 0 Å². The fourth-order valence-corrected chi connectivity index (χ4v) is 5.78. The summed E-state index contributed by atoms with van der Waals surface area (Å²) in [6.45, 7) is 4.14. The van der Waals surface area contributed by atoms with Gasteiger partial charge in [0.05, 0.1) is 18.8 Å². The lowest BCUT2D eigenvalue weighted by Crippen LogP contribution is -2.45. The third-order valence-corrected chi connectivity index (χ3v) is 9.05. The highest BCUT2D eigenvalue weighted by atomic mass is 16.3. The maximum Gasteiger partial charge on any atom is 0.220 e. The van der Waals surface area contributed by atoms with Crippen molar-refractivity contribution in [1.29, 1.82) is 0 Å². The highest BCUT2D eigenvalue weighted by molar-refractivity contribution is 5.76. The first-order valence-corrected chi connectivity index (χ1v) is 21.5. The first-order valence-electron chi connectivity index (χ1n) is 21.5. The summed E-state index contributed by atoms with van der Waals surface area (Å²) in [5.74, 6) is -0.0858. The molecule has 0 saturated carbocycles. The Balaban J connectivity index is 3.62. The second-order valence-electron chi connectivity index (χ2n) is 14.0. The van der Waals surface area contributed by atoms with E-state index in [0.717, 1.165) is 77.0 Å². The molecule has 4 nitrogen and oxygen atoms in total. The van der Waals surface area contributed by atoms with Crippen LogP contribution in [-0.4, -0.2) is 34.9 Å². The molecule has 0 aliphatic carbocycles. The maximum atomic E-state index is 12.3. The van der Waals surface area contributed by atoms with E-state index >= 15 is 0 Å². The van der Waals surface area contributed by atoms with Gasteiger partial charge in [-0.3, -0.25) is 4.79 Å². The lowest BCUT2D eigenvalue weighted by atomic mass is 10.0. The fourth-order valence-electron chi connectivity index (χ4n) is 5.78. The molecule has 0 radical (unpaired) electrons. The van der Waals surface area contributed by atoms with Crippen molar-refractivity contribution in [3.63, 3.8) is 0 Å². The smallest absolute Gasteiger partial charge is 0.220 e. The zero-order chi connectivity index (χ0) is 37.8. The first kappa shape index (κ1) is 49.3. The van der Waals surface area contributed by atoms with E-state index in [1.54, 1.807) is 6.08 Å². The van der Waals surface area contributed by atoms with Gasteiger partial charge in [0, 0.05) is 6.42 Å². The predicted octanol–water partition coefficient (Wildman–Crippen LogP) is 13.5. The number of allylic oxidation sites excluding steroid dienone is 15. The van der Waals surface area contributed by atoms with Gasteiger partial charge in [0.1, 0.15) is 0 Å². The van der Waals surface area contributed by atoms with Crippen LogP contribution in [0.5, 0.6) is 0 Å². The lowest BCUT2D eigenvalue weighted by molar-refractivity contribution is -0.123. The Labute approximate surface area is 322 Å². The number of unbranched alkanes of at least 4 members (excludes halogenated alkanes) is 16. The Morgan fingerprint density at radius 3 is 1.35 bits per heavy atom. The van der Waals surface area contributed by atoms with Gasteiger partial charge in [-0.05, 0) is 83.5 Å². The number of hydrogen-bond acceptors (Lipinski definition) is 3. The third kappa shape index (κ3) is 38.5. The standard InChI is InChI=1S/C48H81NO3/c1-3-5-7-9-11-13-15-16-17-18-19-20-21-22-23-24-25-26-27-28-29-30-31-32-34-36-38-40-42-44-48(52)49-46(45-50)47(51)43-41-39-37-35-33-14-12-10-8-6-4-2/h5,7,11,13,16-17,19-20,22-23,25-26,33,35,41,43,46-47,50-51H,3-4,6,8-10,12,14-15,18,21,24,27-32,34,36-40,42,44-45H2,1-2H3,(H,49,52)/b7-5-,13-11-,17-16-,20-19-,23-22-,26-25-,35-33+,43-41+. The highest BCUT2D eigenvalue weighted by Crippen LogP contribution is 2.13. The Bertz CT molecular complexity index is 999. The third-order valence-electron chi connectivity index (χ3n) is 9.05. The van der Waals surface area contributed by atoms with Crippen molar-refractivity contribution in [2.24, 2.45) is 0 Å². The van der Waals surface area contributed by atoms with Crippen LogP contribution >= 0.6 is 0 Å². The molecule has 296 valence electrons. The quantitative estimate of drug-likeness (QED) is 0.0442. The van der Waals surface area contributed by atoms with Gasteiger partial charge < -0.3 is 15.5 Å². The van der Waals surface area contributed by atoms with E-state index in [4.69, 9.17) is 0 Å². The van der Waals surface area contributed by atoms with Gasteiger partial charge in [0.2, 0.25) is 5.91 Å². The van der Waals surface area contributed by atoms with Crippen molar-refractivity contribution >= 4 is 5.91 Å². The van der Waals surface area contributed by atoms with Crippen LogP contribution in [0.25, 0.3) is 0 Å². The van der Waals surface area contributed by atoms with Crippen molar-refractivity contribution in [2.75, 3.05) is 6.61 Å². The van der Waals surface area contributed by atoms with Crippen molar-refractivity contribution in [2.45, 2.75) is 193 Å². The van der Waals surface area contributed by atoms with Gasteiger partial charge in [-0.1, -0.05) is 188 Å². The number of rotatable bonds is 37. The Hall–Kier alpha value is -2.69. The van der Waals surface area contributed by atoms with Crippen LogP contribution in [0.15, 0.2) is 97.2 Å². The van der Waals surface area contributed by atoms with Crippen LogP contribution < -0.4 is 5.32 Å². The van der Waals surface area contributed by atoms with Crippen molar-refractivity contribution < 1.29 is 15.0 Å². The van der Waals surface area contributed by atoms with E-state index < -0.39 is 12.1 Å². The molecule has 1 amide bonds. The summed E-state index contributed by atoms with van der Waals surface area (Å²) in [5, 5.41) is 22.9. The summed E-state index contributed by atoms with van der Waals surface area (Å²) in [5.41, 5.74) is 0. The van der Waals surface area contributed by atoms with Crippen molar-refractivity contribution in [1.82, 2.24) is 5.32 Å². The van der Waals surface area contributed by atoms with E-state index in [0.29, 0.717) is 6.42 Å². The molecule has 52 heavy (non-hydrogen) atoms. The average Bonchev–Trinajstić information content (AvgIpc) is 3.15. The topological polar surface area (TPSA) is 69.6 Å². The highest BCUT2D eigenvalue weighted by Gasteiger charge is 2.17. The van der Waals surface area contributed by atoms with Crippen molar-refractivity contribution in [3.8, 4) is 0 Å². The molecule has 0 aliphatic rings. The van der Waals surface area contributed by atoms with E-state index in [-0.39, 0.29) is 12.5 Å². The molecule has 2 unspecified atom stereocenters. The number of carbonyl (C=O) groups is 1. The normalized spacial score (nSPS) is 14.0. The lowest BCUT2D eigenvalue weighted by Gasteiger charge is -2.19. The molecular formula is C48H81NO3. The van der Waals surface area contributed by atoms with Crippen molar-refractivity contribution in [3.05, 3.63) is 97.2 Å². The van der Waals surface area contributed by atoms with E-state index in [2.05, 4.69) is 104 Å². The monoisotopic (exact) mass is 720 g/mol. The molecule has 0 saturated heterocycles. The molecule has 0 aliphatic heterocycles. The van der Waals surface area contributed by atoms with E-state index in [1.165, 1.54) is 83.5 Å². The number of aliphatic hydroxyl groups excluding tert-OH is 2. The number of amides is 1. The molecule has 0 bridgehead atoms. The Morgan fingerprint density at radius 2 is 0.865 bits per heavy atom. The minimum Gasteiger partial charge on any atom is -0.394 e. The Morgan fingerprint density at radius 1 is 0.481 bits per heavy atom. The maximum absolute atomic E-state index is 12.3. The van der Waals surface area contributed by atoms with Crippen LogP contribution in [-0.2, 0) is 4.79 Å². The molecule has 0 heterocycles. The van der Waals surface area contributed by atoms with Gasteiger partial charge in [0.25, 0.3) is 0 Å². The zero-order valence-electron chi connectivity index (χ0n) is 33.8. The minimum atomic E-state index is -0.867. The molecule has 0 spiro atoms. The zero-order valence-corrected chi connectivity index (χ0v) is 33.8. The molecule has 0 rings (SSSR count). The molecule has 0 aromatic carbocycles. The van der Waals surface area contributed by atoms with Crippen LogP contribution in [0.2, 0.25) is 0 Å². The van der Waals surface area contributed by atoms with Gasteiger partial charge in [-0.25, -0.2) is 0 Å². The molecule has 3 N–H and O–H groups in total. The van der Waals surface area contributed by atoms with Gasteiger partial charge >= 0.3 is 0 Å². The summed E-state index contributed by atoms with van der Waals surface area (Å²) >= 11 is 0. The summed E-state index contributed by atoms with van der Waals surface area (Å²) in [6.07, 6.45) is 63.7. The number of nitrogens with one attached hydrogen (secondary N) is 1. The van der Waals surface area contributed by atoms with Crippen LogP contribution in [0.3, 0.4) is 0 Å². The minimum absolute atomic E-state index is 0.0858. The number of aliphatic hydroxyl groups is 2. The molecular weight excluding hydrogens is 639 g/mol. The predicted molar refractivity (Wildman–Crippen MR) is 230 cm³/mol. The van der Waals surface area contributed by atoms with Crippen LogP contribution in [0.4, 0.5) is 0 Å². The molecule has 2 atom stereocenters. The number of hydrogen-bond donors (Lipinski definition) is 3. The second kappa shape index (κ2) is 42.7. The number of carbonyl (C=O) groups excluding carboxylic acids is 1. The summed E-state index contributed by atoms with van der Waals surface area (Å²) in [6, 6.07) is -0.645. The SMILES string of the molecule is CC/C=C\C/C=C\C/C=C\C/C=C\C/C=C\C/C=C\CCCCCCCCCCCCC(=O)NC(CO)C(O)/C=C/CC/C=C/CCCCCCC. The largest absolute Gasteiger partial charge is 0.394 e. The van der Waals surface area contributed by atoms with E-state index in [9.17, 15) is 15.0 Å². The van der Waals surface area contributed by atoms with Gasteiger partial charge in [0.15, 0.2) is 0 Å². The molecule has 0 fully saturated rings. The van der Waals surface area contributed by atoms with Crippen LogP contribution in [0.1, 0.15) is 181 Å². The van der Waals surface area contributed by atoms with Gasteiger partial charge in [-0.2, -0.15) is 0 Å². The molecule has 0 aromatic rings. The summed E-state index contributed by atoms with van der Waals surface area (Å²) in [4.78, 5) is 12.3. The summed E-state index contributed by atoms with van der Waals surface area (Å²) in [7, 11) is 0. The molecule has 4 heteroatoms. The van der Waals surface area contributed by atoms with Gasteiger partial charge in [-0.15, -0.1) is 0 Å². The summed E-state index contributed by atoms with van der Waals surface area (Å²) < 4.78 is 0. The fraction of sp³-hybridized carbons (Fsp3) is 0.646. The average molecular weight is 720 g/mol.